The van der Waals surface area contributed by atoms with Gasteiger partial charge in [0, 0.05) is 29.6 Å². The van der Waals surface area contributed by atoms with Crippen LogP contribution in [0.1, 0.15) is 87.5 Å². The molecule has 0 heterocycles. The third-order valence-electron chi connectivity index (χ3n) is 12.0. The van der Waals surface area contributed by atoms with Crippen LogP contribution in [0.15, 0.2) is 11.6 Å². The highest BCUT2D eigenvalue weighted by molar-refractivity contribution is 5.90. The highest BCUT2D eigenvalue weighted by atomic mass is 16.3. The summed E-state index contributed by atoms with van der Waals surface area (Å²) in [6, 6.07) is 0. The number of rotatable bonds is 5. The van der Waals surface area contributed by atoms with Crippen molar-refractivity contribution >= 4 is 11.6 Å². The molecule has 8 heteroatoms. The highest BCUT2D eigenvalue weighted by Gasteiger charge is 2.74. The van der Waals surface area contributed by atoms with Crippen molar-refractivity contribution < 1.29 is 40.2 Å². The van der Waals surface area contributed by atoms with E-state index in [1.54, 1.807) is 0 Å². The first kappa shape index (κ1) is 29.8. The lowest BCUT2D eigenvalue weighted by Gasteiger charge is -2.65. The van der Waals surface area contributed by atoms with E-state index < -0.39 is 75.4 Å². The zero-order chi connectivity index (χ0) is 29.0. The van der Waals surface area contributed by atoms with Crippen LogP contribution in [-0.4, -0.2) is 77.8 Å². The maximum Gasteiger partial charge on any atom is 0.167 e. The van der Waals surface area contributed by atoms with Crippen LogP contribution < -0.4 is 0 Å². The fourth-order valence-corrected chi connectivity index (χ4v) is 9.36. The summed E-state index contributed by atoms with van der Waals surface area (Å²) in [5.74, 6) is -2.11. The van der Waals surface area contributed by atoms with Gasteiger partial charge in [0.05, 0.1) is 30.0 Å². The second kappa shape index (κ2) is 8.67. The number of carbonyl (C=O) groups is 2. The van der Waals surface area contributed by atoms with Gasteiger partial charge in [0.1, 0.15) is 11.4 Å². The largest absolute Gasteiger partial charge is 0.393 e. The Balaban J connectivity index is 1.76. The lowest BCUT2D eigenvalue weighted by atomic mass is 9.38. The minimum Gasteiger partial charge on any atom is -0.393 e. The van der Waals surface area contributed by atoms with Gasteiger partial charge < -0.3 is 30.6 Å². The summed E-state index contributed by atoms with van der Waals surface area (Å²) >= 11 is 0. The maximum absolute atomic E-state index is 14.3. The number of allylic oxidation sites excluding steroid dienone is 1. The molecule has 11 unspecified atom stereocenters. The summed E-state index contributed by atoms with van der Waals surface area (Å²) in [5, 5.41) is 65.2. The smallest absolute Gasteiger partial charge is 0.167 e. The number of ketones is 2. The summed E-state index contributed by atoms with van der Waals surface area (Å²) < 4.78 is 0. The van der Waals surface area contributed by atoms with Gasteiger partial charge in [-0.15, -0.1) is 0 Å². The van der Waals surface area contributed by atoms with E-state index in [1.165, 1.54) is 20.8 Å². The van der Waals surface area contributed by atoms with Crippen molar-refractivity contribution in [1.82, 2.24) is 0 Å². The number of fused-ring (bicyclic) bond motifs is 5. The molecule has 0 saturated heterocycles. The normalized spacial score (nSPS) is 46.8. The molecule has 8 nitrogen and oxygen atoms in total. The van der Waals surface area contributed by atoms with Crippen molar-refractivity contribution in [3.05, 3.63) is 11.6 Å². The van der Waals surface area contributed by atoms with Crippen molar-refractivity contribution in [2.75, 3.05) is 0 Å². The summed E-state index contributed by atoms with van der Waals surface area (Å²) in [7, 11) is 0. The van der Waals surface area contributed by atoms with Crippen molar-refractivity contribution in [3.8, 4) is 0 Å². The van der Waals surface area contributed by atoms with Crippen molar-refractivity contribution in [3.63, 3.8) is 0 Å². The molecule has 3 fully saturated rings. The average Bonchev–Trinajstić information content (AvgIpc) is 2.97. The zero-order valence-electron chi connectivity index (χ0n) is 24.2. The van der Waals surface area contributed by atoms with E-state index in [1.807, 2.05) is 27.7 Å². The minimum absolute atomic E-state index is 0.0173. The van der Waals surface area contributed by atoms with Crippen LogP contribution in [-0.2, 0) is 9.59 Å². The standard InChI is InChI=1S/C30H48O8/c1-25(2)15-9-10-19-27(5)13-18(32)23(30(8,38)21(34)12-20(33)26(3,4)37)28(27,6)14-22(35)29(19,7)16(15)11-17(31)24(25)36/h9,16-20,23-24,31-33,36-38H,10-14H2,1-8H3. The summed E-state index contributed by atoms with van der Waals surface area (Å²) in [5.41, 5.74) is -5.64. The molecule has 4 rings (SSSR count). The molecule has 3 saturated carbocycles. The average molecular weight is 537 g/mol. The van der Waals surface area contributed by atoms with Gasteiger partial charge in [-0.05, 0) is 62.7 Å². The first-order valence-electron chi connectivity index (χ1n) is 14.0. The van der Waals surface area contributed by atoms with Crippen LogP contribution >= 0.6 is 0 Å². The molecule has 216 valence electrons. The summed E-state index contributed by atoms with van der Waals surface area (Å²) in [6.45, 7) is 13.8. The van der Waals surface area contributed by atoms with Gasteiger partial charge in [0.15, 0.2) is 5.78 Å². The number of carbonyl (C=O) groups excluding carboxylic acids is 2. The first-order chi connectivity index (χ1) is 17.1. The number of Topliss-reactive ketones (excluding diaryl/α,β-unsaturated/α-hetero) is 2. The molecule has 4 aliphatic carbocycles. The Morgan fingerprint density at radius 3 is 2.16 bits per heavy atom. The molecular formula is C30H48O8. The van der Waals surface area contributed by atoms with E-state index in [0.717, 1.165) is 5.57 Å². The van der Waals surface area contributed by atoms with Crippen molar-refractivity contribution in [2.24, 2.45) is 39.4 Å². The molecule has 0 aromatic rings. The lowest BCUT2D eigenvalue weighted by Crippen LogP contribution is -2.66. The molecule has 0 aromatic heterocycles. The van der Waals surface area contributed by atoms with E-state index in [2.05, 4.69) is 13.0 Å². The van der Waals surface area contributed by atoms with Crippen molar-refractivity contribution in [1.29, 1.82) is 0 Å². The molecule has 0 aromatic carbocycles. The van der Waals surface area contributed by atoms with Gasteiger partial charge in [-0.2, -0.15) is 0 Å². The Labute approximate surface area is 226 Å². The van der Waals surface area contributed by atoms with Crippen LogP contribution in [0.5, 0.6) is 0 Å². The Hall–Kier alpha value is -1.16. The van der Waals surface area contributed by atoms with Crippen molar-refractivity contribution in [2.45, 2.75) is 123 Å². The zero-order valence-corrected chi connectivity index (χ0v) is 24.2. The van der Waals surface area contributed by atoms with Gasteiger partial charge in [-0.3, -0.25) is 9.59 Å². The predicted octanol–water partition coefficient (Wildman–Crippen LogP) is 1.92. The van der Waals surface area contributed by atoms with Gasteiger partial charge in [-0.1, -0.05) is 46.3 Å². The topological polar surface area (TPSA) is 156 Å². The molecule has 0 bridgehead atoms. The monoisotopic (exact) mass is 536 g/mol. The third kappa shape index (κ3) is 3.77. The highest BCUT2D eigenvalue weighted by Crippen LogP contribution is 2.74. The van der Waals surface area contributed by atoms with E-state index >= 15 is 0 Å². The number of hydrogen-bond acceptors (Lipinski definition) is 8. The van der Waals surface area contributed by atoms with Gasteiger partial charge in [-0.25, -0.2) is 0 Å². The number of aliphatic hydroxyl groups excluding tert-OH is 4. The Morgan fingerprint density at radius 1 is 1.03 bits per heavy atom. The van der Waals surface area contributed by atoms with E-state index in [0.29, 0.717) is 12.8 Å². The summed E-state index contributed by atoms with van der Waals surface area (Å²) in [6.07, 6.45) is -1.53. The van der Waals surface area contributed by atoms with Crippen LogP contribution in [0.3, 0.4) is 0 Å². The predicted molar refractivity (Wildman–Crippen MR) is 141 cm³/mol. The Morgan fingerprint density at radius 2 is 1.61 bits per heavy atom. The molecule has 4 aliphatic rings. The van der Waals surface area contributed by atoms with E-state index in [-0.39, 0.29) is 30.5 Å². The third-order valence-corrected chi connectivity index (χ3v) is 12.0. The Kier molecular flexibility index (Phi) is 6.80. The second-order valence-corrected chi connectivity index (χ2v) is 14.9. The van der Waals surface area contributed by atoms with Gasteiger partial charge in [0.2, 0.25) is 0 Å². The van der Waals surface area contributed by atoms with E-state index in [4.69, 9.17) is 0 Å². The second-order valence-electron chi connectivity index (χ2n) is 14.9. The number of aliphatic hydroxyl groups is 6. The lowest BCUT2D eigenvalue weighted by molar-refractivity contribution is -0.188. The Bertz CT molecular complexity index is 1040. The molecule has 0 amide bonds. The van der Waals surface area contributed by atoms with E-state index in [9.17, 15) is 40.2 Å². The van der Waals surface area contributed by atoms with Crippen LogP contribution in [0.25, 0.3) is 0 Å². The fraction of sp³-hybridized carbons (Fsp3) is 0.867. The minimum atomic E-state index is -2.03. The first-order valence-corrected chi connectivity index (χ1v) is 14.0. The molecule has 0 radical (unpaired) electrons. The molecule has 6 N–H and O–H groups in total. The van der Waals surface area contributed by atoms with Crippen LogP contribution in [0.4, 0.5) is 0 Å². The molecule has 11 atom stereocenters. The maximum atomic E-state index is 14.3. The molecule has 0 aliphatic heterocycles. The van der Waals surface area contributed by atoms with Gasteiger partial charge >= 0.3 is 0 Å². The summed E-state index contributed by atoms with van der Waals surface area (Å²) in [4.78, 5) is 27.6. The number of hydrogen-bond donors (Lipinski definition) is 6. The van der Waals surface area contributed by atoms with Crippen LogP contribution in [0, 0.1) is 39.4 Å². The molecule has 38 heavy (non-hydrogen) atoms. The molecule has 0 spiro atoms. The quantitative estimate of drug-likeness (QED) is 0.291. The molecular weight excluding hydrogens is 488 g/mol. The SMILES string of the molecule is CC(C)(O)C(O)CC(=O)C(C)(O)C1C(O)CC2(C)C3CC=C4C(CC(O)C(O)C4(C)C)C3(C)C(=O)CC12C. The van der Waals surface area contributed by atoms with Gasteiger partial charge in [0.25, 0.3) is 0 Å². The fourth-order valence-electron chi connectivity index (χ4n) is 9.36. The van der Waals surface area contributed by atoms with Crippen LogP contribution in [0.2, 0.25) is 0 Å².